The monoisotopic (exact) mass is 325 g/mol. The molecule has 0 atom stereocenters. The molecular formula is C16H24ClN3O2. The first kappa shape index (κ1) is 18.5. The van der Waals surface area contributed by atoms with Crippen molar-refractivity contribution in [2.45, 2.75) is 20.8 Å². The quantitative estimate of drug-likeness (QED) is 0.866. The average Bonchev–Trinajstić information content (AvgIpc) is 2.38. The van der Waals surface area contributed by atoms with Crippen LogP contribution in [0.3, 0.4) is 0 Å². The minimum absolute atomic E-state index is 0. The van der Waals surface area contributed by atoms with Crippen LogP contribution in [-0.4, -0.2) is 42.9 Å². The zero-order chi connectivity index (χ0) is 15.4. The van der Waals surface area contributed by atoms with E-state index in [0.29, 0.717) is 19.6 Å². The molecule has 22 heavy (non-hydrogen) atoms. The fraction of sp³-hybridized carbons (Fsp3) is 0.500. The van der Waals surface area contributed by atoms with Gasteiger partial charge in [-0.3, -0.25) is 9.59 Å². The van der Waals surface area contributed by atoms with Gasteiger partial charge in [0.2, 0.25) is 11.8 Å². The van der Waals surface area contributed by atoms with Crippen LogP contribution in [0.5, 0.6) is 0 Å². The molecule has 0 bridgehead atoms. The van der Waals surface area contributed by atoms with Crippen LogP contribution in [0.25, 0.3) is 0 Å². The van der Waals surface area contributed by atoms with Crippen molar-refractivity contribution in [3.63, 3.8) is 0 Å². The van der Waals surface area contributed by atoms with Crippen LogP contribution in [0.15, 0.2) is 18.2 Å². The molecule has 5 nitrogen and oxygen atoms in total. The molecular weight excluding hydrogens is 302 g/mol. The number of amides is 2. The lowest BCUT2D eigenvalue weighted by Gasteiger charge is -2.31. The minimum atomic E-state index is -0.144. The van der Waals surface area contributed by atoms with Gasteiger partial charge in [0.15, 0.2) is 0 Å². The maximum atomic E-state index is 12.2. The molecule has 1 saturated heterocycles. The van der Waals surface area contributed by atoms with Crippen LogP contribution in [0, 0.1) is 19.8 Å². The van der Waals surface area contributed by atoms with Gasteiger partial charge in [-0.2, -0.15) is 0 Å². The summed E-state index contributed by atoms with van der Waals surface area (Å²) >= 11 is 0. The maximum absolute atomic E-state index is 12.2. The molecule has 0 saturated carbocycles. The standard InChI is InChI=1S/C16H23N3O2.ClH/c1-4-19(16(21)13-8-17-9-13)10-14(20)18-15-11(2)6-5-7-12(15)3;/h5-7,13,17H,4,8-10H2,1-3H3,(H,18,20);1H. The molecule has 0 unspecified atom stereocenters. The van der Waals surface area contributed by atoms with Gasteiger partial charge in [-0.15, -0.1) is 12.4 Å². The molecule has 1 aliphatic heterocycles. The third-order valence-corrected chi connectivity index (χ3v) is 3.90. The molecule has 0 radical (unpaired) electrons. The highest BCUT2D eigenvalue weighted by Gasteiger charge is 2.29. The van der Waals surface area contributed by atoms with Gasteiger partial charge in [-0.1, -0.05) is 18.2 Å². The Labute approximate surface area is 137 Å². The lowest BCUT2D eigenvalue weighted by molar-refractivity contribution is -0.139. The summed E-state index contributed by atoms with van der Waals surface area (Å²) in [5.41, 5.74) is 2.90. The smallest absolute Gasteiger partial charge is 0.244 e. The summed E-state index contributed by atoms with van der Waals surface area (Å²) in [5, 5.41) is 6.01. The number of nitrogens with one attached hydrogen (secondary N) is 2. The second-order valence-corrected chi connectivity index (χ2v) is 5.52. The molecule has 1 aromatic carbocycles. The van der Waals surface area contributed by atoms with Crippen LogP contribution in [0.4, 0.5) is 5.69 Å². The largest absolute Gasteiger partial charge is 0.333 e. The summed E-state index contributed by atoms with van der Waals surface area (Å²) in [5.74, 6) is -0.0549. The van der Waals surface area contributed by atoms with Crippen molar-refractivity contribution in [1.29, 1.82) is 0 Å². The van der Waals surface area contributed by atoms with E-state index < -0.39 is 0 Å². The van der Waals surface area contributed by atoms with Crippen LogP contribution >= 0.6 is 12.4 Å². The summed E-state index contributed by atoms with van der Waals surface area (Å²) in [4.78, 5) is 26.0. The number of carbonyl (C=O) groups is 2. The zero-order valence-electron chi connectivity index (χ0n) is 13.3. The van der Waals surface area contributed by atoms with Gasteiger partial charge in [0, 0.05) is 25.3 Å². The number of para-hydroxylation sites is 1. The number of anilines is 1. The van der Waals surface area contributed by atoms with Crippen LogP contribution in [0.2, 0.25) is 0 Å². The molecule has 1 heterocycles. The molecule has 2 rings (SSSR count). The van der Waals surface area contributed by atoms with Crippen LogP contribution in [-0.2, 0) is 9.59 Å². The minimum Gasteiger partial charge on any atom is -0.333 e. The molecule has 1 aromatic rings. The lowest BCUT2D eigenvalue weighted by Crippen LogP contribution is -2.53. The topological polar surface area (TPSA) is 61.4 Å². The Morgan fingerprint density at radius 3 is 2.32 bits per heavy atom. The molecule has 1 aliphatic rings. The number of benzene rings is 1. The number of likely N-dealkylation sites (N-methyl/N-ethyl adjacent to an activating group) is 1. The number of hydrogen-bond acceptors (Lipinski definition) is 3. The van der Waals surface area contributed by atoms with Crippen molar-refractivity contribution >= 4 is 29.9 Å². The van der Waals surface area contributed by atoms with Crippen LogP contribution < -0.4 is 10.6 Å². The summed E-state index contributed by atoms with van der Waals surface area (Å²) in [6, 6.07) is 5.89. The van der Waals surface area contributed by atoms with Crippen molar-refractivity contribution in [3.8, 4) is 0 Å². The first-order valence-corrected chi connectivity index (χ1v) is 7.38. The van der Waals surface area contributed by atoms with E-state index in [1.54, 1.807) is 4.90 Å². The van der Waals surface area contributed by atoms with Gasteiger partial charge >= 0.3 is 0 Å². The molecule has 0 aromatic heterocycles. The molecule has 122 valence electrons. The second kappa shape index (κ2) is 8.15. The van der Waals surface area contributed by atoms with Crippen molar-refractivity contribution in [2.75, 3.05) is 31.5 Å². The van der Waals surface area contributed by atoms with Crippen molar-refractivity contribution in [3.05, 3.63) is 29.3 Å². The van der Waals surface area contributed by atoms with E-state index in [-0.39, 0.29) is 36.7 Å². The predicted octanol–water partition coefficient (Wildman–Crippen LogP) is 1.73. The van der Waals surface area contributed by atoms with Gasteiger partial charge in [-0.05, 0) is 31.9 Å². The highest BCUT2D eigenvalue weighted by Crippen LogP contribution is 2.19. The zero-order valence-corrected chi connectivity index (χ0v) is 14.1. The Hall–Kier alpha value is -1.59. The van der Waals surface area contributed by atoms with E-state index in [2.05, 4.69) is 10.6 Å². The Morgan fingerprint density at radius 2 is 1.86 bits per heavy atom. The highest BCUT2D eigenvalue weighted by molar-refractivity contribution is 5.96. The summed E-state index contributed by atoms with van der Waals surface area (Å²) in [6.45, 7) is 7.92. The van der Waals surface area contributed by atoms with E-state index >= 15 is 0 Å². The predicted molar refractivity (Wildman–Crippen MR) is 90.4 cm³/mol. The number of hydrogen-bond donors (Lipinski definition) is 2. The van der Waals surface area contributed by atoms with E-state index in [0.717, 1.165) is 16.8 Å². The van der Waals surface area contributed by atoms with E-state index in [1.165, 1.54) is 0 Å². The Kier molecular flexibility index (Phi) is 6.84. The van der Waals surface area contributed by atoms with Gasteiger partial charge in [-0.25, -0.2) is 0 Å². The van der Waals surface area contributed by atoms with Crippen molar-refractivity contribution in [2.24, 2.45) is 5.92 Å². The Balaban J connectivity index is 0.00000242. The second-order valence-electron chi connectivity index (χ2n) is 5.52. The average molecular weight is 326 g/mol. The van der Waals surface area contributed by atoms with Gasteiger partial charge in [0.1, 0.15) is 0 Å². The lowest BCUT2D eigenvalue weighted by atomic mass is 10.0. The van der Waals surface area contributed by atoms with Gasteiger partial charge in [0.05, 0.1) is 12.5 Å². The molecule has 2 N–H and O–H groups in total. The fourth-order valence-corrected chi connectivity index (χ4v) is 2.43. The first-order chi connectivity index (χ1) is 10.0. The third-order valence-electron chi connectivity index (χ3n) is 3.90. The molecule has 6 heteroatoms. The van der Waals surface area contributed by atoms with Crippen LogP contribution in [0.1, 0.15) is 18.1 Å². The Bertz CT molecular complexity index is 524. The van der Waals surface area contributed by atoms with E-state index in [1.807, 2.05) is 39.0 Å². The Morgan fingerprint density at radius 1 is 1.27 bits per heavy atom. The number of nitrogens with zero attached hydrogens (tertiary/aromatic N) is 1. The van der Waals surface area contributed by atoms with Gasteiger partial charge in [0.25, 0.3) is 0 Å². The number of rotatable bonds is 5. The summed E-state index contributed by atoms with van der Waals surface area (Å²) in [7, 11) is 0. The highest BCUT2D eigenvalue weighted by atomic mass is 35.5. The normalized spacial score (nSPS) is 13.8. The molecule has 1 fully saturated rings. The summed E-state index contributed by atoms with van der Waals surface area (Å²) in [6.07, 6.45) is 0. The third kappa shape index (κ3) is 4.21. The fourth-order valence-electron chi connectivity index (χ4n) is 2.43. The maximum Gasteiger partial charge on any atom is 0.244 e. The van der Waals surface area contributed by atoms with E-state index in [4.69, 9.17) is 0 Å². The van der Waals surface area contributed by atoms with Gasteiger partial charge < -0.3 is 15.5 Å². The molecule has 2 amide bonds. The first-order valence-electron chi connectivity index (χ1n) is 7.38. The number of halogens is 1. The number of aryl methyl sites for hydroxylation is 2. The van der Waals surface area contributed by atoms with Crippen molar-refractivity contribution < 1.29 is 9.59 Å². The van der Waals surface area contributed by atoms with Crippen molar-refractivity contribution in [1.82, 2.24) is 10.2 Å². The van der Waals surface area contributed by atoms with E-state index in [9.17, 15) is 9.59 Å². The SMILES string of the molecule is CCN(CC(=O)Nc1c(C)cccc1C)C(=O)C1CNC1.Cl. The summed E-state index contributed by atoms with van der Waals surface area (Å²) < 4.78 is 0. The molecule has 0 aliphatic carbocycles. The molecule has 0 spiro atoms. The number of carbonyl (C=O) groups excluding carboxylic acids is 2.